The summed E-state index contributed by atoms with van der Waals surface area (Å²) in [5, 5.41) is 2.65. The number of methoxy groups -OCH3 is 1. The van der Waals surface area contributed by atoms with Crippen molar-refractivity contribution >= 4 is 21.8 Å². The molecule has 2 atom stereocenters. The van der Waals surface area contributed by atoms with Gasteiger partial charge in [0.1, 0.15) is 0 Å². The molecule has 1 N–H and O–H groups in total. The first-order valence-corrected chi connectivity index (χ1v) is 7.32. The Labute approximate surface area is 129 Å². The summed E-state index contributed by atoms with van der Waals surface area (Å²) in [5.74, 6) is -0.719. The Kier molecular flexibility index (Phi) is 4.93. The van der Waals surface area contributed by atoms with Crippen molar-refractivity contribution in [3.8, 4) is 0 Å². The summed E-state index contributed by atoms with van der Waals surface area (Å²) in [5.41, 5.74) is -1.31. The van der Waals surface area contributed by atoms with Gasteiger partial charge in [0.15, 0.2) is 0 Å². The van der Waals surface area contributed by atoms with Crippen LogP contribution in [0.15, 0.2) is 22.7 Å². The summed E-state index contributed by atoms with van der Waals surface area (Å²) >= 11 is 3.00. The third-order valence-corrected chi connectivity index (χ3v) is 4.10. The smallest absolute Gasteiger partial charge is 0.379 e. The molecule has 1 saturated carbocycles. The Hall–Kier alpha value is -1.08. The van der Waals surface area contributed by atoms with E-state index in [0.717, 1.165) is 18.9 Å². The summed E-state index contributed by atoms with van der Waals surface area (Å²) in [6, 6.07) is 3.27. The molecule has 0 aliphatic heterocycles. The molecule has 1 aliphatic rings. The second kappa shape index (κ2) is 6.36. The molecule has 21 heavy (non-hydrogen) atoms. The molecule has 0 spiro atoms. The van der Waals surface area contributed by atoms with E-state index in [9.17, 15) is 18.0 Å². The number of carbonyl (C=O) groups is 1. The minimum atomic E-state index is -4.58. The Bertz CT molecular complexity index is 533. The van der Waals surface area contributed by atoms with Crippen LogP contribution in [-0.2, 0) is 10.9 Å². The van der Waals surface area contributed by atoms with E-state index < -0.39 is 17.6 Å². The number of amides is 1. The van der Waals surface area contributed by atoms with E-state index in [1.165, 1.54) is 19.2 Å². The molecule has 2 rings (SSSR count). The highest BCUT2D eigenvalue weighted by atomic mass is 79.9. The largest absolute Gasteiger partial charge is 0.417 e. The number of hydrogen-bond acceptors (Lipinski definition) is 2. The normalized spacial score (nSPS) is 22.3. The number of halogens is 4. The van der Waals surface area contributed by atoms with Crippen LogP contribution in [0.5, 0.6) is 0 Å². The summed E-state index contributed by atoms with van der Waals surface area (Å²) in [4.78, 5) is 12.2. The Morgan fingerprint density at radius 3 is 2.71 bits per heavy atom. The first kappa shape index (κ1) is 16.3. The summed E-state index contributed by atoms with van der Waals surface area (Å²) in [6.07, 6.45) is -2.32. The van der Waals surface area contributed by atoms with Crippen LogP contribution in [-0.4, -0.2) is 25.2 Å². The fourth-order valence-electron chi connectivity index (χ4n) is 2.57. The van der Waals surface area contributed by atoms with Gasteiger partial charge < -0.3 is 10.1 Å². The first-order valence-electron chi connectivity index (χ1n) is 6.53. The van der Waals surface area contributed by atoms with E-state index in [1.807, 2.05) is 0 Å². The molecule has 0 radical (unpaired) electrons. The van der Waals surface area contributed by atoms with Gasteiger partial charge in [0, 0.05) is 11.6 Å². The molecule has 0 bridgehead atoms. The number of carbonyl (C=O) groups excluding carboxylic acids is 1. The molecule has 0 heterocycles. The maximum atomic E-state index is 13.0. The van der Waals surface area contributed by atoms with Crippen molar-refractivity contribution in [3.63, 3.8) is 0 Å². The number of nitrogens with one attached hydrogen (secondary N) is 1. The Morgan fingerprint density at radius 2 is 2.10 bits per heavy atom. The maximum absolute atomic E-state index is 13.0. The zero-order chi connectivity index (χ0) is 15.6. The van der Waals surface area contributed by atoms with Crippen LogP contribution in [0.4, 0.5) is 13.2 Å². The summed E-state index contributed by atoms with van der Waals surface area (Å²) in [7, 11) is 1.54. The molecule has 0 saturated heterocycles. The van der Waals surface area contributed by atoms with Crippen molar-refractivity contribution in [3.05, 3.63) is 33.8 Å². The van der Waals surface area contributed by atoms with E-state index in [1.54, 1.807) is 0 Å². The highest BCUT2D eigenvalue weighted by Crippen LogP contribution is 2.34. The molecular weight excluding hydrogens is 351 g/mol. The standard InChI is InChI=1S/C14H15BrF3NO2/c1-21-12-4-2-3-11(12)19-13(20)9-6-5-8(15)7-10(9)14(16,17)18/h5-7,11-12H,2-4H2,1H3,(H,19,20). The van der Waals surface area contributed by atoms with Crippen molar-refractivity contribution < 1.29 is 22.7 Å². The van der Waals surface area contributed by atoms with Crippen molar-refractivity contribution in [2.75, 3.05) is 7.11 Å². The van der Waals surface area contributed by atoms with Crippen LogP contribution in [0.25, 0.3) is 0 Å². The fraction of sp³-hybridized carbons (Fsp3) is 0.500. The molecule has 1 aromatic carbocycles. The number of benzene rings is 1. The third kappa shape index (κ3) is 3.77. The summed E-state index contributed by atoms with van der Waals surface area (Å²) < 4.78 is 44.6. The predicted molar refractivity (Wildman–Crippen MR) is 75.0 cm³/mol. The monoisotopic (exact) mass is 365 g/mol. The van der Waals surface area contributed by atoms with E-state index in [-0.39, 0.29) is 22.2 Å². The molecular formula is C14H15BrF3NO2. The second-order valence-electron chi connectivity index (χ2n) is 4.97. The average molecular weight is 366 g/mol. The van der Waals surface area contributed by atoms with Crippen molar-refractivity contribution in [1.82, 2.24) is 5.32 Å². The number of hydrogen-bond donors (Lipinski definition) is 1. The first-order chi connectivity index (χ1) is 9.82. The van der Waals surface area contributed by atoms with Gasteiger partial charge in [0.05, 0.1) is 23.3 Å². The molecule has 1 aromatic rings. The van der Waals surface area contributed by atoms with Crippen LogP contribution in [0, 0.1) is 0 Å². The van der Waals surface area contributed by atoms with Gasteiger partial charge in [-0.15, -0.1) is 0 Å². The Balaban J connectivity index is 2.23. The fourth-order valence-corrected chi connectivity index (χ4v) is 2.93. The molecule has 1 fully saturated rings. The van der Waals surface area contributed by atoms with E-state index in [4.69, 9.17) is 4.74 Å². The van der Waals surface area contributed by atoms with Gasteiger partial charge in [0.2, 0.25) is 0 Å². The third-order valence-electron chi connectivity index (χ3n) is 3.60. The van der Waals surface area contributed by atoms with Crippen LogP contribution in [0.2, 0.25) is 0 Å². The molecule has 116 valence electrons. The van der Waals surface area contributed by atoms with E-state index in [0.29, 0.717) is 6.42 Å². The Morgan fingerprint density at radius 1 is 1.38 bits per heavy atom. The lowest BCUT2D eigenvalue weighted by Crippen LogP contribution is -2.41. The van der Waals surface area contributed by atoms with Crippen LogP contribution >= 0.6 is 15.9 Å². The zero-order valence-corrected chi connectivity index (χ0v) is 12.9. The van der Waals surface area contributed by atoms with Crippen molar-refractivity contribution in [1.29, 1.82) is 0 Å². The molecule has 0 aromatic heterocycles. The number of alkyl halides is 3. The molecule has 3 nitrogen and oxygen atoms in total. The SMILES string of the molecule is COC1CCCC1NC(=O)c1ccc(Br)cc1C(F)(F)F. The minimum absolute atomic E-state index is 0.140. The molecule has 1 aliphatic carbocycles. The lowest BCUT2D eigenvalue weighted by molar-refractivity contribution is -0.138. The van der Waals surface area contributed by atoms with Gasteiger partial charge >= 0.3 is 6.18 Å². The quantitative estimate of drug-likeness (QED) is 0.885. The average Bonchev–Trinajstić information content (AvgIpc) is 2.84. The van der Waals surface area contributed by atoms with Crippen molar-refractivity contribution in [2.45, 2.75) is 37.6 Å². The molecule has 2 unspecified atom stereocenters. The van der Waals surface area contributed by atoms with Crippen LogP contribution in [0.1, 0.15) is 35.2 Å². The topological polar surface area (TPSA) is 38.3 Å². The lowest BCUT2D eigenvalue weighted by atomic mass is 10.1. The zero-order valence-electron chi connectivity index (χ0n) is 11.3. The highest BCUT2D eigenvalue weighted by Gasteiger charge is 2.36. The van der Waals surface area contributed by atoms with Crippen molar-refractivity contribution in [2.24, 2.45) is 0 Å². The van der Waals surface area contributed by atoms with Gasteiger partial charge in [-0.2, -0.15) is 13.2 Å². The van der Waals surface area contributed by atoms with Gasteiger partial charge in [-0.05, 0) is 37.5 Å². The summed E-state index contributed by atoms with van der Waals surface area (Å²) in [6.45, 7) is 0. The lowest BCUT2D eigenvalue weighted by Gasteiger charge is -2.21. The van der Waals surface area contributed by atoms with Crippen LogP contribution in [0.3, 0.4) is 0 Å². The minimum Gasteiger partial charge on any atom is -0.379 e. The predicted octanol–water partition coefficient (Wildman–Crippen LogP) is 3.77. The van der Waals surface area contributed by atoms with Gasteiger partial charge in [-0.25, -0.2) is 0 Å². The number of rotatable bonds is 3. The van der Waals surface area contributed by atoms with Gasteiger partial charge in [0.25, 0.3) is 5.91 Å². The highest BCUT2D eigenvalue weighted by molar-refractivity contribution is 9.10. The van der Waals surface area contributed by atoms with Crippen LogP contribution < -0.4 is 5.32 Å². The van der Waals surface area contributed by atoms with Gasteiger partial charge in [-0.1, -0.05) is 15.9 Å². The second-order valence-corrected chi connectivity index (χ2v) is 5.89. The van der Waals surface area contributed by atoms with Gasteiger partial charge in [-0.3, -0.25) is 4.79 Å². The number of ether oxygens (including phenoxy) is 1. The van der Waals surface area contributed by atoms with E-state index in [2.05, 4.69) is 21.2 Å². The maximum Gasteiger partial charge on any atom is 0.417 e. The van der Waals surface area contributed by atoms with E-state index >= 15 is 0 Å². The molecule has 7 heteroatoms. The molecule has 1 amide bonds.